The lowest BCUT2D eigenvalue weighted by Crippen LogP contribution is -2.16. The van der Waals surface area contributed by atoms with Crippen molar-refractivity contribution < 1.29 is 0 Å². The van der Waals surface area contributed by atoms with Gasteiger partial charge in [0.25, 0.3) is 0 Å². The number of rotatable bonds is 6. The van der Waals surface area contributed by atoms with Crippen LogP contribution in [0.25, 0.3) is 0 Å². The van der Waals surface area contributed by atoms with Gasteiger partial charge in [-0.3, -0.25) is 4.57 Å². The second-order valence-electron chi connectivity index (χ2n) is 3.32. The summed E-state index contributed by atoms with van der Waals surface area (Å²) in [5.41, 5.74) is -0.126. The number of aromatic nitrogens is 3. The fourth-order valence-corrected chi connectivity index (χ4v) is 2.96. The first kappa shape index (κ1) is 12.7. The molecule has 86 valence electrons. The topological polar surface area (TPSA) is 50.7 Å². The third-order valence-corrected chi connectivity index (χ3v) is 4.05. The highest BCUT2D eigenvalue weighted by Crippen LogP contribution is 2.19. The number of nitrogens with zero attached hydrogens (tertiary/aromatic N) is 2. The Morgan fingerprint density at radius 1 is 1.60 bits per heavy atom. The van der Waals surface area contributed by atoms with Crippen LogP contribution in [-0.4, -0.2) is 26.3 Å². The second-order valence-corrected chi connectivity index (χ2v) is 4.68. The van der Waals surface area contributed by atoms with E-state index in [-0.39, 0.29) is 5.69 Å². The van der Waals surface area contributed by atoms with Gasteiger partial charge in [-0.15, -0.1) is 5.10 Å². The van der Waals surface area contributed by atoms with Crippen LogP contribution in [0.5, 0.6) is 0 Å². The minimum absolute atomic E-state index is 0.126. The van der Waals surface area contributed by atoms with Gasteiger partial charge >= 0.3 is 5.69 Å². The summed E-state index contributed by atoms with van der Waals surface area (Å²) in [7, 11) is 0. The molecule has 0 aliphatic heterocycles. The van der Waals surface area contributed by atoms with Crippen molar-refractivity contribution in [3.63, 3.8) is 0 Å². The predicted octanol–water partition coefficient (Wildman–Crippen LogP) is 1.64. The van der Waals surface area contributed by atoms with Crippen molar-refractivity contribution in [3.05, 3.63) is 10.5 Å². The van der Waals surface area contributed by atoms with Gasteiger partial charge in [0.15, 0.2) is 5.16 Å². The van der Waals surface area contributed by atoms with Crippen LogP contribution >= 0.6 is 24.4 Å². The summed E-state index contributed by atoms with van der Waals surface area (Å²) in [6.45, 7) is 4.76. The Morgan fingerprint density at radius 3 is 2.87 bits per heavy atom. The van der Waals surface area contributed by atoms with Gasteiger partial charge in [-0.1, -0.05) is 25.1 Å². The highest BCUT2D eigenvalue weighted by Gasteiger charge is 2.10. The first-order chi connectivity index (χ1) is 7.22. The molecule has 0 saturated heterocycles. The summed E-state index contributed by atoms with van der Waals surface area (Å²) < 4.78 is 1.65. The van der Waals surface area contributed by atoms with Crippen molar-refractivity contribution in [2.45, 2.75) is 32.0 Å². The first-order valence-corrected chi connectivity index (χ1v) is 6.73. The normalized spacial score (nSPS) is 13.0. The van der Waals surface area contributed by atoms with E-state index in [4.69, 9.17) is 0 Å². The summed E-state index contributed by atoms with van der Waals surface area (Å²) >= 11 is 5.91. The van der Waals surface area contributed by atoms with Crippen molar-refractivity contribution in [2.75, 3.05) is 11.5 Å². The molecular weight excluding hydrogens is 230 g/mol. The summed E-state index contributed by atoms with van der Waals surface area (Å²) in [5, 5.41) is 7.24. The van der Waals surface area contributed by atoms with E-state index in [0.29, 0.717) is 12.5 Å². The van der Waals surface area contributed by atoms with Crippen LogP contribution in [0.3, 0.4) is 0 Å². The average Bonchev–Trinajstić information content (AvgIpc) is 2.61. The summed E-state index contributed by atoms with van der Waals surface area (Å²) in [4.78, 5) is 11.3. The van der Waals surface area contributed by atoms with Crippen molar-refractivity contribution >= 4 is 24.4 Å². The van der Waals surface area contributed by atoms with Crippen molar-refractivity contribution in [1.82, 2.24) is 14.8 Å². The Kier molecular flexibility index (Phi) is 5.31. The summed E-state index contributed by atoms with van der Waals surface area (Å²) in [5.74, 6) is 2.42. The van der Waals surface area contributed by atoms with Crippen molar-refractivity contribution in [1.29, 1.82) is 0 Å². The van der Waals surface area contributed by atoms with Gasteiger partial charge in [-0.25, -0.2) is 9.89 Å². The molecule has 0 aromatic carbocycles. The smallest absolute Gasteiger partial charge is 0.270 e. The Hall–Kier alpha value is -0.360. The van der Waals surface area contributed by atoms with Gasteiger partial charge in [0.2, 0.25) is 0 Å². The highest BCUT2D eigenvalue weighted by molar-refractivity contribution is 7.99. The molecule has 0 bridgehead atoms. The Labute approximate surface area is 99.3 Å². The maximum absolute atomic E-state index is 11.3. The van der Waals surface area contributed by atoms with Gasteiger partial charge < -0.3 is 0 Å². The zero-order valence-electron chi connectivity index (χ0n) is 9.06. The molecule has 1 N–H and O–H groups in total. The average molecular weight is 247 g/mol. The number of H-pyrrole nitrogens is 1. The van der Waals surface area contributed by atoms with Gasteiger partial charge in [-0.2, -0.15) is 12.6 Å². The molecule has 0 radical (unpaired) electrons. The summed E-state index contributed by atoms with van der Waals surface area (Å²) in [6.07, 6.45) is 1.11. The molecule has 1 aromatic rings. The molecule has 6 heteroatoms. The zero-order valence-corrected chi connectivity index (χ0v) is 10.8. The number of aromatic amines is 1. The van der Waals surface area contributed by atoms with Crippen LogP contribution in [0.2, 0.25) is 0 Å². The lowest BCUT2D eigenvalue weighted by atomic mass is 10.2. The van der Waals surface area contributed by atoms with E-state index < -0.39 is 0 Å². The molecule has 0 spiro atoms. The number of hydrogen-bond acceptors (Lipinski definition) is 4. The molecular formula is C9H17N3OS2. The highest BCUT2D eigenvalue weighted by atomic mass is 32.2. The minimum atomic E-state index is -0.126. The molecule has 1 rings (SSSR count). The third-order valence-electron chi connectivity index (χ3n) is 2.32. The number of thiol groups is 1. The van der Waals surface area contributed by atoms with Crippen LogP contribution in [0.4, 0.5) is 0 Å². The van der Waals surface area contributed by atoms with Crippen molar-refractivity contribution in [3.8, 4) is 0 Å². The standard InChI is InChI=1S/C9H17N3OS2/c1-3-7(5-14)6-15-9-11-10-8(13)12(9)4-2/h7,14H,3-6H2,1-2H3,(H,10,13). The first-order valence-electron chi connectivity index (χ1n) is 5.11. The monoisotopic (exact) mass is 247 g/mol. The van der Waals surface area contributed by atoms with Gasteiger partial charge in [0.1, 0.15) is 0 Å². The van der Waals surface area contributed by atoms with E-state index >= 15 is 0 Å². The van der Waals surface area contributed by atoms with Crippen LogP contribution in [0.1, 0.15) is 20.3 Å². The van der Waals surface area contributed by atoms with Crippen LogP contribution in [-0.2, 0) is 6.54 Å². The van der Waals surface area contributed by atoms with E-state index in [9.17, 15) is 4.79 Å². The Balaban J connectivity index is 2.60. The predicted molar refractivity (Wildman–Crippen MR) is 66.9 cm³/mol. The SMILES string of the molecule is CCC(CS)CSc1n[nH]c(=O)n1CC. The molecule has 0 aliphatic rings. The lowest BCUT2D eigenvalue weighted by molar-refractivity contribution is 0.637. The number of nitrogens with one attached hydrogen (secondary N) is 1. The van der Waals surface area contributed by atoms with E-state index in [1.54, 1.807) is 16.3 Å². The van der Waals surface area contributed by atoms with Gasteiger partial charge in [0, 0.05) is 12.3 Å². The Morgan fingerprint density at radius 2 is 2.33 bits per heavy atom. The number of hydrogen-bond donors (Lipinski definition) is 2. The molecule has 0 amide bonds. The van der Waals surface area contributed by atoms with E-state index in [2.05, 4.69) is 29.7 Å². The van der Waals surface area contributed by atoms with Crippen molar-refractivity contribution in [2.24, 2.45) is 5.92 Å². The van der Waals surface area contributed by atoms with Crippen LogP contribution in [0.15, 0.2) is 9.95 Å². The fraction of sp³-hybridized carbons (Fsp3) is 0.778. The molecule has 1 aromatic heterocycles. The van der Waals surface area contributed by atoms with Gasteiger partial charge in [0.05, 0.1) is 0 Å². The molecule has 0 fully saturated rings. The molecule has 15 heavy (non-hydrogen) atoms. The van der Waals surface area contributed by atoms with Gasteiger partial charge in [-0.05, 0) is 18.6 Å². The zero-order chi connectivity index (χ0) is 11.3. The number of thioether (sulfide) groups is 1. The summed E-state index contributed by atoms with van der Waals surface area (Å²) in [6, 6.07) is 0. The van der Waals surface area contributed by atoms with E-state index in [1.165, 1.54) is 0 Å². The minimum Gasteiger partial charge on any atom is -0.270 e. The van der Waals surface area contributed by atoms with E-state index in [1.807, 2.05) is 6.92 Å². The maximum Gasteiger partial charge on any atom is 0.343 e. The lowest BCUT2D eigenvalue weighted by Gasteiger charge is -2.10. The second kappa shape index (κ2) is 6.27. The quantitative estimate of drug-likeness (QED) is 0.593. The van der Waals surface area contributed by atoms with Crippen LogP contribution in [0, 0.1) is 5.92 Å². The largest absolute Gasteiger partial charge is 0.343 e. The van der Waals surface area contributed by atoms with Crippen LogP contribution < -0.4 is 5.69 Å². The maximum atomic E-state index is 11.3. The molecule has 1 atom stereocenters. The third kappa shape index (κ3) is 3.31. The molecule has 0 aliphatic carbocycles. The molecule has 4 nitrogen and oxygen atoms in total. The van der Waals surface area contributed by atoms with E-state index in [0.717, 1.165) is 23.1 Å². The molecule has 1 heterocycles. The fourth-order valence-electron chi connectivity index (χ4n) is 1.18. The molecule has 1 unspecified atom stereocenters. The molecule has 0 saturated carbocycles. The Bertz CT molecular complexity index is 343.